The van der Waals surface area contributed by atoms with Gasteiger partial charge < -0.3 is 9.64 Å². The van der Waals surface area contributed by atoms with E-state index in [0.29, 0.717) is 5.92 Å². The molecule has 6 aromatic carbocycles. The summed E-state index contributed by atoms with van der Waals surface area (Å²) in [4.78, 5) is 2.41. The molecule has 2 nitrogen and oxygen atoms in total. The van der Waals surface area contributed by atoms with Gasteiger partial charge in [-0.05, 0) is 101 Å². The van der Waals surface area contributed by atoms with Crippen molar-refractivity contribution in [1.29, 1.82) is 0 Å². The SMILES string of the molecule is C1=CC(c2ccc(N(C3=CC=C(c4ccc5ccc6sc7ccccc7c6c5c4)CC3)c3ccccc3)cc2)=C2Oc3ccccc3C2C1. The molecule has 0 amide bonds. The number of anilines is 2. The first kappa shape index (κ1) is 28.4. The Bertz CT molecular complexity index is 2550. The van der Waals surface area contributed by atoms with Crippen LogP contribution in [0.2, 0.25) is 0 Å². The number of hydrogen-bond acceptors (Lipinski definition) is 3. The first-order chi connectivity index (χ1) is 24.3. The van der Waals surface area contributed by atoms with Crippen LogP contribution in [0.5, 0.6) is 5.75 Å². The molecule has 0 radical (unpaired) electrons. The summed E-state index contributed by atoms with van der Waals surface area (Å²) in [6.07, 6.45) is 12.1. The van der Waals surface area contributed by atoms with Crippen molar-refractivity contribution in [2.24, 2.45) is 0 Å². The normalized spacial score (nSPS) is 16.8. The zero-order valence-corrected chi connectivity index (χ0v) is 27.8. The van der Waals surface area contributed by atoms with E-state index in [1.54, 1.807) is 0 Å². The van der Waals surface area contributed by atoms with E-state index in [1.165, 1.54) is 70.2 Å². The fourth-order valence-corrected chi connectivity index (χ4v) is 9.08. The number of rotatable bonds is 5. The van der Waals surface area contributed by atoms with Crippen LogP contribution in [-0.4, -0.2) is 0 Å². The average Bonchev–Trinajstić information content (AvgIpc) is 3.75. The summed E-state index contributed by atoms with van der Waals surface area (Å²) >= 11 is 1.89. The Balaban J connectivity index is 1.00. The lowest BCUT2D eigenvalue weighted by molar-refractivity contribution is 0.429. The van der Waals surface area contributed by atoms with Crippen LogP contribution in [0.25, 0.3) is 42.1 Å². The third kappa shape index (κ3) is 4.76. The van der Waals surface area contributed by atoms with Gasteiger partial charge in [-0.3, -0.25) is 0 Å². The second-order valence-electron chi connectivity index (χ2n) is 13.1. The van der Waals surface area contributed by atoms with Gasteiger partial charge in [-0.2, -0.15) is 0 Å². The van der Waals surface area contributed by atoms with E-state index in [9.17, 15) is 0 Å². The maximum Gasteiger partial charge on any atom is 0.130 e. The summed E-state index contributed by atoms with van der Waals surface area (Å²) in [6, 6.07) is 48.6. The van der Waals surface area contributed by atoms with Gasteiger partial charge in [0, 0.05) is 54.3 Å². The van der Waals surface area contributed by atoms with Gasteiger partial charge >= 0.3 is 0 Å². The summed E-state index contributed by atoms with van der Waals surface area (Å²) in [5.74, 6) is 2.36. The van der Waals surface area contributed by atoms with Crippen LogP contribution in [0.4, 0.5) is 11.4 Å². The van der Waals surface area contributed by atoms with Gasteiger partial charge in [0.1, 0.15) is 11.5 Å². The largest absolute Gasteiger partial charge is 0.460 e. The van der Waals surface area contributed by atoms with Crippen molar-refractivity contribution >= 4 is 64.8 Å². The van der Waals surface area contributed by atoms with E-state index in [1.807, 2.05) is 11.3 Å². The third-order valence-corrected chi connectivity index (χ3v) is 11.5. The Morgan fingerprint density at radius 3 is 2.29 bits per heavy atom. The first-order valence-electron chi connectivity index (χ1n) is 17.2. The number of thiophene rings is 1. The van der Waals surface area contributed by atoms with Crippen LogP contribution in [0, 0.1) is 0 Å². The molecule has 3 aliphatic rings. The van der Waals surface area contributed by atoms with Gasteiger partial charge in [-0.1, -0.05) is 103 Å². The Labute approximate surface area is 290 Å². The number of nitrogens with zero attached hydrogens (tertiary/aromatic N) is 1. The number of fused-ring (bicyclic) bond motifs is 8. The lowest BCUT2D eigenvalue weighted by Gasteiger charge is -2.30. The van der Waals surface area contributed by atoms with Crippen LogP contribution in [0.15, 0.2) is 169 Å². The fourth-order valence-electron chi connectivity index (χ4n) is 7.96. The molecule has 10 rings (SSSR count). The number of allylic oxidation sites excluding steroid dienone is 8. The molecule has 1 aromatic heterocycles. The van der Waals surface area contributed by atoms with E-state index in [0.717, 1.165) is 36.5 Å². The van der Waals surface area contributed by atoms with E-state index in [4.69, 9.17) is 4.74 Å². The predicted molar refractivity (Wildman–Crippen MR) is 208 cm³/mol. The lowest BCUT2D eigenvalue weighted by Crippen LogP contribution is -2.17. The highest BCUT2D eigenvalue weighted by Gasteiger charge is 2.33. The topological polar surface area (TPSA) is 12.5 Å². The van der Waals surface area contributed by atoms with Gasteiger partial charge in [0.2, 0.25) is 0 Å². The summed E-state index contributed by atoms with van der Waals surface area (Å²) in [7, 11) is 0. The van der Waals surface area contributed by atoms with E-state index in [2.05, 4.69) is 163 Å². The molecule has 2 aliphatic carbocycles. The zero-order valence-electron chi connectivity index (χ0n) is 27.0. The van der Waals surface area contributed by atoms with Crippen molar-refractivity contribution in [1.82, 2.24) is 0 Å². The van der Waals surface area contributed by atoms with Crippen molar-refractivity contribution in [2.75, 3.05) is 4.90 Å². The van der Waals surface area contributed by atoms with Gasteiger partial charge in [0.05, 0.1) is 0 Å². The van der Waals surface area contributed by atoms with Crippen LogP contribution in [0.3, 0.4) is 0 Å². The van der Waals surface area contributed by atoms with Crippen molar-refractivity contribution in [2.45, 2.75) is 25.2 Å². The van der Waals surface area contributed by atoms with E-state index >= 15 is 0 Å². The molecule has 49 heavy (non-hydrogen) atoms. The van der Waals surface area contributed by atoms with Gasteiger partial charge in [-0.25, -0.2) is 0 Å². The summed E-state index contributed by atoms with van der Waals surface area (Å²) in [6.45, 7) is 0. The van der Waals surface area contributed by atoms with Crippen molar-refractivity contribution in [3.8, 4) is 5.75 Å². The minimum absolute atomic E-state index is 0.295. The molecule has 3 heteroatoms. The molecule has 1 unspecified atom stereocenters. The number of para-hydroxylation sites is 2. The quantitative estimate of drug-likeness (QED) is 0.184. The lowest BCUT2D eigenvalue weighted by atomic mass is 9.87. The Hall–Kier alpha value is -5.64. The predicted octanol–water partition coefficient (Wildman–Crippen LogP) is 13.0. The smallest absolute Gasteiger partial charge is 0.130 e. The molecule has 0 bridgehead atoms. The highest BCUT2D eigenvalue weighted by molar-refractivity contribution is 7.26. The molecule has 0 saturated heterocycles. The molecule has 234 valence electrons. The summed E-state index contributed by atoms with van der Waals surface area (Å²) < 4.78 is 9.13. The van der Waals surface area contributed by atoms with Gasteiger partial charge in [0.25, 0.3) is 0 Å². The van der Waals surface area contributed by atoms with Gasteiger partial charge in [-0.15, -0.1) is 11.3 Å². The molecule has 7 aromatic rings. The minimum atomic E-state index is 0.295. The van der Waals surface area contributed by atoms with Crippen LogP contribution >= 0.6 is 11.3 Å². The maximum atomic E-state index is 6.43. The van der Waals surface area contributed by atoms with Crippen molar-refractivity contribution in [3.05, 3.63) is 186 Å². The maximum absolute atomic E-state index is 6.43. The standard InChI is InChI=1S/C46H33NOS/c1-2-9-34(10-3-1)47(36-26-21-31(22-27-36)37-13-8-14-39-38-11-4-6-15-42(38)48-46(37)39)35-24-19-30(20-25-35)33-18-17-32-23-28-44-45(41(32)29-33)40-12-5-7-16-43(40)49-44/h1-13,15-19,21-24,26-29,39H,14,20,25H2. The van der Waals surface area contributed by atoms with Crippen LogP contribution in [-0.2, 0) is 0 Å². The summed E-state index contributed by atoms with van der Waals surface area (Å²) in [5.41, 5.74) is 9.98. The molecular weight excluding hydrogens is 615 g/mol. The minimum Gasteiger partial charge on any atom is -0.460 e. The molecule has 0 N–H and O–H groups in total. The fraction of sp³-hybridized carbons (Fsp3) is 0.0870. The Morgan fingerprint density at radius 2 is 1.41 bits per heavy atom. The Morgan fingerprint density at radius 1 is 0.633 bits per heavy atom. The van der Waals surface area contributed by atoms with Crippen LogP contribution in [0.1, 0.15) is 41.9 Å². The monoisotopic (exact) mass is 647 g/mol. The van der Waals surface area contributed by atoms with E-state index < -0.39 is 0 Å². The molecular formula is C46H33NOS. The zero-order chi connectivity index (χ0) is 32.3. The second-order valence-corrected chi connectivity index (χ2v) is 14.2. The summed E-state index contributed by atoms with van der Waals surface area (Å²) in [5, 5.41) is 5.38. The molecule has 0 fully saturated rings. The van der Waals surface area contributed by atoms with Crippen molar-refractivity contribution < 1.29 is 4.74 Å². The molecule has 2 heterocycles. The van der Waals surface area contributed by atoms with Crippen molar-refractivity contribution in [3.63, 3.8) is 0 Å². The second kappa shape index (κ2) is 11.5. The van der Waals surface area contributed by atoms with Crippen LogP contribution < -0.4 is 9.64 Å². The molecule has 0 saturated carbocycles. The Kier molecular flexibility index (Phi) is 6.66. The van der Waals surface area contributed by atoms with E-state index in [-0.39, 0.29) is 0 Å². The average molecular weight is 648 g/mol. The first-order valence-corrected chi connectivity index (χ1v) is 18.0. The van der Waals surface area contributed by atoms with Gasteiger partial charge in [0.15, 0.2) is 0 Å². The third-order valence-electron chi connectivity index (χ3n) is 10.3. The highest BCUT2D eigenvalue weighted by atomic mass is 32.1. The number of hydrogen-bond donors (Lipinski definition) is 0. The number of benzene rings is 6. The molecule has 0 spiro atoms. The number of ether oxygens (including phenoxy) is 1. The molecule has 1 atom stereocenters. The molecule has 1 aliphatic heterocycles. The highest BCUT2D eigenvalue weighted by Crippen LogP contribution is 2.48.